The third kappa shape index (κ3) is 2.55. The Bertz CT molecular complexity index is 503. The molecule has 0 amide bonds. The van der Waals surface area contributed by atoms with E-state index in [0.29, 0.717) is 15.8 Å². The van der Waals surface area contributed by atoms with Crippen molar-refractivity contribution in [1.29, 1.82) is 0 Å². The number of ether oxygens (including phenoxy) is 1. The van der Waals surface area contributed by atoms with Gasteiger partial charge in [-0.1, -0.05) is 35.1 Å². The maximum absolute atomic E-state index is 8.97. The molecule has 0 aliphatic rings. The molecular weight excluding hydrogens is 314 g/mol. The minimum atomic E-state index is -0.129. The molecule has 0 spiro atoms. The van der Waals surface area contributed by atoms with Gasteiger partial charge in [-0.25, -0.2) is 0 Å². The van der Waals surface area contributed by atoms with Crippen molar-refractivity contribution in [3.63, 3.8) is 0 Å². The molecule has 0 atom stereocenters. The van der Waals surface area contributed by atoms with Gasteiger partial charge in [0.05, 0.1) is 16.0 Å². The fourth-order valence-corrected chi connectivity index (χ4v) is 2.42. The number of hydrogen-bond donors (Lipinski definition) is 1. The lowest BCUT2D eigenvalue weighted by Gasteiger charge is -2.02. The Morgan fingerprint density at radius 2 is 2.19 bits per heavy atom. The number of benzene rings is 1. The smallest absolute Gasteiger partial charge is 0.280 e. The van der Waals surface area contributed by atoms with Crippen molar-refractivity contribution in [3.05, 3.63) is 38.8 Å². The number of para-hydroxylation sites is 1. The molecule has 0 radical (unpaired) electrons. The molecule has 2 aromatic rings. The van der Waals surface area contributed by atoms with E-state index < -0.39 is 0 Å². The van der Waals surface area contributed by atoms with Gasteiger partial charge in [-0.2, -0.15) is 4.98 Å². The number of hydrogen-bond acceptors (Lipinski definition) is 4. The van der Waals surface area contributed by atoms with Crippen LogP contribution in [0.5, 0.6) is 10.9 Å². The first kappa shape index (κ1) is 11.9. The third-order valence-electron chi connectivity index (χ3n) is 1.81. The van der Waals surface area contributed by atoms with E-state index in [-0.39, 0.29) is 11.8 Å². The van der Waals surface area contributed by atoms with Gasteiger partial charge in [0, 0.05) is 0 Å². The highest BCUT2D eigenvalue weighted by Crippen LogP contribution is 2.34. The van der Waals surface area contributed by atoms with Crippen LogP contribution >= 0.6 is 38.9 Å². The third-order valence-corrected chi connectivity index (χ3v) is 3.81. The first-order chi connectivity index (χ1) is 7.70. The second-order valence-corrected chi connectivity index (χ2v) is 5.14. The quantitative estimate of drug-likeness (QED) is 0.934. The summed E-state index contributed by atoms with van der Waals surface area (Å²) >= 11 is 10.4. The van der Waals surface area contributed by atoms with Crippen LogP contribution in [0, 0.1) is 0 Å². The summed E-state index contributed by atoms with van der Waals surface area (Å²) in [7, 11) is 0. The standard InChI is InChI=1S/C10H7BrClNO2S/c11-6-3-1-2-4-7(6)15-10-13-9(12)8(5-14)16-10/h1-4,14H,5H2. The van der Waals surface area contributed by atoms with E-state index in [1.54, 1.807) is 0 Å². The predicted molar refractivity (Wildman–Crippen MR) is 67.3 cm³/mol. The van der Waals surface area contributed by atoms with E-state index in [9.17, 15) is 0 Å². The normalized spacial score (nSPS) is 10.4. The van der Waals surface area contributed by atoms with E-state index in [1.165, 1.54) is 11.3 Å². The molecule has 1 N–H and O–H groups in total. The molecule has 0 fully saturated rings. The number of aromatic nitrogens is 1. The van der Waals surface area contributed by atoms with Crippen LogP contribution in [0.25, 0.3) is 0 Å². The van der Waals surface area contributed by atoms with Crippen LogP contribution in [0.15, 0.2) is 28.7 Å². The lowest BCUT2D eigenvalue weighted by atomic mass is 10.3. The van der Waals surface area contributed by atoms with E-state index in [2.05, 4.69) is 20.9 Å². The zero-order chi connectivity index (χ0) is 11.5. The van der Waals surface area contributed by atoms with Gasteiger partial charge in [0.25, 0.3) is 5.19 Å². The van der Waals surface area contributed by atoms with Gasteiger partial charge in [0.1, 0.15) is 10.9 Å². The van der Waals surface area contributed by atoms with Gasteiger partial charge in [-0.15, -0.1) is 0 Å². The van der Waals surface area contributed by atoms with Crippen molar-refractivity contribution in [1.82, 2.24) is 4.98 Å². The molecule has 0 unspecified atom stereocenters. The monoisotopic (exact) mass is 319 g/mol. The van der Waals surface area contributed by atoms with E-state index in [1.807, 2.05) is 24.3 Å². The number of nitrogens with zero attached hydrogens (tertiary/aromatic N) is 1. The molecular formula is C10H7BrClNO2S. The van der Waals surface area contributed by atoms with Crippen molar-refractivity contribution in [2.45, 2.75) is 6.61 Å². The molecule has 1 heterocycles. The van der Waals surface area contributed by atoms with Crippen LogP contribution in [0.3, 0.4) is 0 Å². The number of aliphatic hydroxyl groups excluding tert-OH is 1. The Balaban J connectivity index is 2.24. The zero-order valence-electron chi connectivity index (χ0n) is 7.98. The van der Waals surface area contributed by atoms with Crippen LogP contribution in [-0.2, 0) is 6.61 Å². The molecule has 2 rings (SSSR count). The summed E-state index contributed by atoms with van der Waals surface area (Å²) in [4.78, 5) is 4.60. The second-order valence-electron chi connectivity index (χ2n) is 2.88. The molecule has 0 aliphatic carbocycles. The predicted octanol–water partition coefficient (Wildman–Crippen LogP) is 3.84. The van der Waals surface area contributed by atoms with Crippen LogP contribution < -0.4 is 4.74 Å². The zero-order valence-corrected chi connectivity index (χ0v) is 11.1. The fourth-order valence-electron chi connectivity index (χ4n) is 1.08. The van der Waals surface area contributed by atoms with Crippen molar-refractivity contribution in [2.24, 2.45) is 0 Å². The second kappa shape index (κ2) is 5.14. The Morgan fingerprint density at radius 3 is 2.81 bits per heavy atom. The highest BCUT2D eigenvalue weighted by Gasteiger charge is 2.11. The van der Waals surface area contributed by atoms with Gasteiger partial charge < -0.3 is 9.84 Å². The first-order valence-electron chi connectivity index (χ1n) is 4.39. The Labute approximate surface area is 110 Å². The fraction of sp³-hybridized carbons (Fsp3) is 0.100. The lowest BCUT2D eigenvalue weighted by Crippen LogP contribution is -1.83. The minimum absolute atomic E-state index is 0.129. The van der Waals surface area contributed by atoms with Gasteiger partial charge in [0.2, 0.25) is 0 Å². The summed E-state index contributed by atoms with van der Waals surface area (Å²) in [5, 5.41) is 9.68. The van der Waals surface area contributed by atoms with Crippen LogP contribution in [0.4, 0.5) is 0 Å². The number of rotatable bonds is 3. The lowest BCUT2D eigenvalue weighted by molar-refractivity contribution is 0.285. The van der Waals surface area contributed by atoms with Crippen molar-refractivity contribution >= 4 is 38.9 Å². The van der Waals surface area contributed by atoms with Crippen LogP contribution in [0.1, 0.15) is 4.88 Å². The van der Waals surface area contributed by atoms with Crippen molar-refractivity contribution < 1.29 is 9.84 Å². The molecule has 0 bridgehead atoms. The Kier molecular flexibility index (Phi) is 3.81. The average molecular weight is 321 g/mol. The molecule has 0 aliphatic heterocycles. The number of aliphatic hydroxyl groups is 1. The van der Waals surface area contributed by atoms with Gasteiger partial charge in [-0.05, 0) is 28.1 Å². The maximum atomic E-state index is 8.97. The highest BCUT2D eigenvalue weighted by atomic mass is 79.9. The number of halogens is 2. The van der Waals surface area contributed by atoms with Crippen molar-refractivity contribution in [3.8, 4) is 10.9 Å². The topological polar surface area (TPSA) is 42.4 Å². The van der Waals surface area contributed by atoms with Gasteiger partial charge in [0.15, 0.2) is 0 Å². The van der Waals surface area contributed by atoms with Gasteiger partial charge >= 0.3 is 0 Å². The van der Waals surface area contributed by atoms with Gasteiger partial charge in [-0.3, -0.25) is 0 Å². The molecule has 84 valence electrons. The molecule has 6 heteroatoms. The van der Waals surface area contributed by atoms with Crippen molar-refractivity contribution in [2.75, 3.05) is 0 Å². The Morgan fingerprint density at radius 1 is 1.44 bits per heavy atom. The van der Waals surface area contributed by atoms with Crippen LogP contribution in [0.2, 0.25) is 5.15 Å². The largest absolute Gasteiger partial charge is 0.430 e. The van der Waals surface area contributed by atoms with E-state index in [4.69, 9.17) is 21.4 Å². The number of thiazole rings is 1. The molecule has 1 aromatic heterocycles. The molecule has 1 aromatic carbocycles. The molecule has 16 heavy (non-hydrogen) atoms. The summed E-state index contributed by atoms with van der Waals surface area (Å²) in [6.07, 6.45) is 0. The average Bonchev–Trinajstić information content (AvgIpc) is 2.62. The first-order valence-corrected chi connectivity index (χ1v) is 6.38. The SMILES string of the molecule is OCc1sc(Oc2ccccc2Br)nc1Cl. The highest BCUT2D eigenvalue weighted by molar-refractivity contribution is 9.10. The maximum Gasteiger partial charge on any atom is 0.280 e. The summed E-state index contributed by atoms with van der Waals surface area (Å²) in [5.74, 6) is 0.664. The molecule has 0 saturated heterocycles. The molecule has 3 nitrogen and oxygen atoms in total. The summed E-state index contributed by atoms with van der Waals surface area (Å²) in [6, 6.07) is 7.45. The van der Waals surface area contributed by atoms with E-state index in [0.717, 1.165) is 4.47 Å². The molecule has 0 saturated carbocycles. The summed E-state index contributed by atoms with van der Waals surface area (Å²) < 4.78 is 6.38. The summed E-state index contributed by atoms with van der Waals surface area (Å²) in [5.41, 5.74) is 0. The summed E-state index contributed by atoms with van der Waals surface area (Å²) in [6.45, 7) is -0.129. The minimum Gasteiger partial charge on any atom is -0.430 e. The van der Waals surface area contributed by atoms with Crippen LogP contribution in [-0.4, -0.2) is 10.1 Å². The Hall–Kier alpha value is -0.620. The van der Waals surface area contributed by atoms with E-state index >= 15 is 0 Å².